The van der Waals surface area contributed by atoms with Gasteiger partial charge < -0.3 is 24.3 Å². The Morgan fingerprint density at radius 3 is 2.41 bits per heavy atom. The highest BCUT2D eigenvalue weighted by atomic mass is 16.5. The molecule has 1 aromatic carbocycles. The van der Waals surface area contributed by atoms with Gasteiger partial charge >= 0.3 is 0 Å². The van der Waals surface area contributed by atoms with Gasteiger partial charge in [-0.3, -0.25) is 4.79 Å². The molecule has 122 valence electrons. The molecule has 1 atom stereocenters. The molecule has 0 aromatic heterocycles. The van der Waals surface area contributed by atoms with E-state index in [2.05, 4.69) is 5.32 Å². The van der Waals surface area contributed by atoms with Crippen LogP contribution in [0.3, 0.4) is 0 Å². The molecule has 2 rings (SSSR count). The predicted octanol–water partition coefficient (Wildman–Crippen LogP) is 2.01. The summed E-state index contributed by atoms with van der Waals surface area (Å²) in [5, 5.41) is 2.90. The average molecular weight is 309 g/mol. The fourth-order valence-corrected chi connectivity index (χ4v) is 2.53. The normalized spacial score (nSPS) is 17.1. The number of hydrogen-bond acceptors (Lipinski definition) is 5. The van der Waals surface area contributed by atoms with E-state index in [4.69, 9.17) is 18.9 Å². The summed E-state index contributed by atoms with van der Waals surface area (Å²) in [4.78, 5) is 12.3. The highest BCUT2D eigenvalue weighted by Gasteiger charge is 2.18. The second kappa shape index (κ2) is 7.89. The molecule has 6 heteroatoms. The minimum absolute atomic E-state index is 0.169. The zero-order valence-corrected chi connectivity index (χ0v) is 13.3. The van der Waals surface area contributed by atoms with Crippen molar-refractivity contribution < 1.29 is 23.7 Å². The van der Waals surface area contributed by atoms with Crippen molar-refractivity contribution in [1.29, 1.82) is 0 Å². The van der Waals surface area contributed by atoms with Crippen molar-refractivity contribution in [1.82, 2.24) is 5.32 Å². The smallest absolute Gasteiger partial charge is 0.251 e. The van der Waals surface area contributed by atoms with Crippen molar-refractivity contribution in [3.8, 4) is 17.2 Å². The minimum atomic E-state index is -0.169. The monoisotopic (exact) mass is 309 g/mol. The number of methoxy groups -OCH3 is 3. The molecule has 6 nitrogen and oxygen atoms in total. The van der Waals surface area contributed by atoms with Gasteiger partial charge in [-0.1, -0.05) is 0 Å². The first kappa shape index (κ1) is 16.4. The summed E-state index contributed by atoms with van der Waals surface area (Å²) in [6.45, 7) is 1.41. The number of carbonyl (C=O) groups is 1. The summed E-state index contributed by atoms with van der Waals surface area (Å²) in [5.74, 6) is 1.23. The first-order valence-electron chi connectivity index (χ1n) is 7.39. The van der Waals surface area contributed by atoms with Crippen molar-refractivity contribution in [2.75, 3.05) is 34.5 Å². The molecule has 1 unspecified atom stereocenters. The molecule has 22 heavy (non-hydrogen) atoms. The molecule has 1 saturated heterocycles. The largest absolute Gasteiger partial charge is 0.493 e. The van der Waals surface area contributed by atoms with E-state index in [-0.39, 0.29) is 12.0 Å². The first-order valence-corrected chi connectivity index (χ1v) is 7.39. The number of carbonyl (C=O) groups excluding carboxylic acids is 1. The molecule has 1 N–H and O–H groups in total. The van der Waals surface area contributed by atoms with Crippen LogP contribution in [-0.2, 0) is 4.74 Å². The van der Waals surface area contributed by atoms with Crippen LogP contribution >= 0.6 is 0 Å². The number of nitrogens with one attached hydrogen (secondary N) is 1. The Hall–Kier alpha value is -1.95. The molecule has 1 aromatic rings. The zero-order chi connectivity index (χ0) is 15.9. The van der Waals surface area contributed by atoms with E-state index in [1.807, 2.05) is 0 Å². The van der Waals surface area contributed by atoms with Gasteiger partial charge in [0.05, 0.1) is 27.4 Å². The summed E-state index contributed by atoms with van der Waals surface area (Å²) in [5.41, 5.74) is 0.474. The molecule has 0 spiro atoms. The van der Waals surface area contributed by atoms with Crippen LogP contribution in [0.2, 0.25) is 0 Å². The standard InChI is InChI=1S/C16H23NO5/c1-19-13-9-11(10-14(20-2)15(13)21-3)16(18)17-7-6-12-5-4-8-22-12/h9-10,12H,4-8H2,1-3H3,(H,17,18). The molecular formula is C16H23NO5. The van der Waals surface area contributed by atoms with Crippen LogP contribution in [0.25, 0.3) is 0 Å². The molecule has 1 heterocycles. The third-order valence-electron chi connectivity index (χ3n) is 3.70. The lowest BCUT2D eigenvalue weighted by Crippen LogP contribution is -2.27. The summed E-state index contributed by atoms with van der Waals surface area (Å²) in [6.07, 6.45) is 3.27. The van der Waals surface area contributed by atoms with Crippen LogP contribution in [0, 0.1) is 0 Å². The van der Waals surface area contributed by atoms with Gasteiger partial charge in [0.1, 0.15) is 0 Å². The lowest BCUT2D eigenvalue weighted by atomic mass is 10.1. The molecule has 1 fully saturated rings. The predicted molar refractivity (Wildman–Crippen MR) is 82.0 cm³/mol. The topological polar surface area (TPSA) is 66.0 Å². The van der Waals surface area contributed by atoms with Gasteiger partial charge in [0.2, 0.25) is 5.75 Å². The van der Waals surface area contributed by atoms with Crippen molar-refractivity contribution in [3.05, 3.63) is 17.7 Å². The maximum Gasteiger partial charge on any atom is 0.251 e. The van der Waals surface area contributed by atoms with Crippen LogP contribution < -0.4 is 19.5 Å². The van der Waals surface area contributed by atoms with Crippen LogP contribution in [0.5, 0.6) is 17.2 Å². The van der Waals surface area contributed by atoms with E-state index in [1.165, 1.54) is 21.3 Å². The van der Waals surface area contributed by atoms with Gasteiger partial charge in [0, 0.05) is 18.7 Å². The molecule has 0 saturated carbocycles. The quantitative estimate of drug-likeness (QED) is 0.834. The van der Waals surface area contributed by atoms with Crippen LogP contribution in [-0.4, -0.2) is 46.5 Å². The molecule has 0 aliphatic carbocycles. The molecule has 0 radical (unpaired) electrons. The highest BCUT2D eigenvalue weighted by Crippen LogP contribution is 2.38. The van der Waals surface area contributed by atoms with E-state index in [9.17, 15) is 4.79 Å². The number of ether oxygens (including phenoxy) is 4. The number of amides is 1. The third-order valence-corrected chi connectivity index (χ3v) is 3.70. The van der Waals surface area contributed by atoms with E-state index < -0.39 is 0 Å². The lowest BCUT2D eigenvalue weighted by Gasteiger charge is -2.14. The van der Waals surface area contributed by atoms with Crippen molar-refractivity contribution >= 4 is 5.91 Å². The molecule has 1 amide bonds. The molecule has 1 aliphatic rings. The molecule has 1 aliphatic heterocycles. The maximum absolute atomic E-state index is 12.3. The summed E-state index contributed by atoms with van der Waals surface area (Å²) < 4.78 is 21.3. The number of hydrogen-bond donors (Lipinski definition) is 1. The second-order valence-electron chi connectivity index (χ2n) is 5.09. The zero-order valence-electron chi connectivity index (χ0n) is 13.3. The first-order chi connectivity index (χ1) is 10.7. The van der Waals surface area contributed by atoms with E-state index in [1.54, 1.807) is 12.1 Å². The summed E-state index contributed by atoms with van der Waals surface area (Å²) in [6, 6.07) is 3.28. The van der Waals surface area contributed by atoms with Gasteiger partial charge in [-0.2, -0.15) is 0 Å². The van der Waals surface area contributed by atoms with Gasteiger partial charge in [-0.25, -0.2) is 0 Å². The van der Waals surface area contributed by atoms with E-state index in [0.29, 0.717) is 29.4 Å². The SMILES string of the molecule is COc1cc(C(=O)NCCC2CCCO2)cc(OC)c1OC. The molecule has 0 bridgehead atoms. The van der Waals surface area contributed by atoms with Crippen molar-refractivity contribution in [2.45, 2.75) is 25.4 Å². The van der Waals surface area contributed by atoms with Gasteiger partial charge in [0.15, 0.2) is 11.5 Å². The Bertz CT molecular complexity index is 486. The summed E-state index contributed by atoms with van der Waals surface area (Å²) >= 11 is 0. The fourth-order valence-electron chi connectivity index (χ4n) is 2.53. The van der Waals surface area contributed by atoms with Gasteiger partial charge in [0.25, 0.3) is 5.91 Å². The Balaban J connectivity index is 2.01. The Morgan fingerprint density at radius 1 is 1.23 bits per heavy atom. The Labute approximate surface area is 130 Å². The Kier molecular flexibility index (Phi) is 5.89. The number of benzene rings is 1. The van der Waals surface area contributed by atoms with Crippen LogP contribution in [0.4, 0.5) is 0 Å². The number of rotatable bonds is 7. The van der Waals surface area contributed by atoms with E-state index >= 15 is 0 Å². The average Bonchev–Trinajstić information content (AvgIpc) is 3.06. The summed E-state index contributed by atoms with van der Waals surface area (Å²) in [7, 11) is 4.58. The minimum Gasteiger partial charge on any atom is -0.493 e. The van der Waals surface area contributed by atoms with Gasteiger partial charge in [-0.15, -0.1) is 0 Å². The van der Waals surface area contributed by atoms with Gasteiger partial charge in [-0.05, 0) is 31.4 Å². The maximum atomic E-state index is 12.3. The second-order valence-corrected chi connectivity index (χ2v) is 5.09. The van der Waals surface area contributed by atoms with Crippen LogP contribution in [0.1, 0.15) is 29.6 Å². The van der Waals surface area contributed by atoms with E-state index in [0.717, 1.165) is 25.9 Å². The fraction of sp³-hybridized carbons (Fsp3) is 0.562. The highest BCUT2D eigenvalue weighted by molar-refractivity contribution is 5.95. The lowest BCUT2D eigenvalue weighted by molar-refractivity contribution is 0.0906. The van der Waals surface area contributed by atoms with Crippen LogP contribution in [0.15, 0.2) is 12.1 Å². The van der Waals surface area contributed by atoms with Crippen molar-refractivity contribution in [2.24, 2.45) is 0 Å². The molecular weight excluding hydrogens is 286 g/mol. The third kappa shape index (κ3) is 3.82. The van der Waals surface area contributed by atoms with Crippen molar-refractivity contribution in [3.63, 3.8) is 0 Å². The Morgan fingerprint density at radius 2 is 1.91 bits per heavy atom.